The van der Waals surface area contributed by atoms with Crippen molar-refractivity contribution in [2.45, 2.75) is 32.9 Å². The molecule has 0 amide bonds. The fraction of sp³-hybridized carbons (Fsp3) is 0.600. The van der Waals surface area contributed by atoms with Crippen LogP contribution in [-0.2, 0) is 5.67 Å². The molecule has 0 saturated carbocycles. The lowest BCUT2D eigenvalue weighted by atomic mass is 9.73. The second kappa shape index (κ2) is 5.00. The molecule has 3 nitrogen and oxygen atoms in total. The molecule has 0 radical (unpaired) electrons. The van der Waals surface area contributed by atoms with Crippen molar-refractivity contribution in [2.24, 2.45) is 11.1 Å². The first-order chi connectivity index (χ1) is 8.88. The Morgan fingerprint density at radius 1 is 1.16 bits per heavy atom. The third-order valence-corrected chi connectivity index (χ3v) is 3.68. The molecule has 0 fully saturated rings. The maximum atomic E-state index is 15.2. The Kier molecular flexibility index (Phi) is 3.72. The monoisotopic (exact) mass is 267 g/mol. The molecule has 1 aliphatic heterocycles. The minimum Gasteiger partial charge on any atom is -0.490 e. The SMILES string of the molecule is CC(C)(C)C(F)(CN)c1ccc2c(c1)OCCCO2. The molecule has 1 aromatic carbocycles. The van der Waals surface area contributed by atoms with Gasteiger partial charge in [-0.1, -0.05) is 26.8 Å². The summed E-state index contributed by atoms with van der Waals surface area (Å²) in [5, 5.41) is 0. The molecule has 1 aliphatic rings. The van der Waals surface area contributed by atoms with E-state index in [1.165, 1.54) is 0 Å². The summed E-state index contributed by atoms with van der Waals surface area (Å²) < 4.78 is 26.4. The first kappa shape index (κ1) is 14.1. The first-order valence-corrected chi connectivity index (χ1v) is 6.67. The second-order valence-electron chi connectivity index (χ2n) is 5.97. The van der Waals surface area contributed by atoms with Crippen molar-refractivity contribution in [2.75, 3.05) is 19.8 Å². The number of nitrogens with two attached hydrogens (primary N) is 1. The summed E-state index contributed by atoms with van der Waals surface area (Å²) in [6, 6.07) is 5.23. The molecule has 0 aliphatic carbocycles. The Balaban J connectivity index is 2.43. The Hall–Kier alpha value is -1.29. The summed E-state index contributed by atoms with van der Waals surface area (Å²) in [5.74, 6) is 1.28. The first-order valence-electron chi connectivity index (χ1n) is 6.67. The normalized spacial score (nSPS) is 18.6. The molecular weight excluding hydrogens is 245 g/mol. The molecular formula is C15H22FNO2. The van der Waals surface area contributed by atoms with Gasteiger partial charge in [-0.25, -0.2) is 4.39 Å². The van der Waals surface area contributed by atoms with Gasteiger partial charge in [-0.05, 0) is 17.7 Å². The van der Waals surface area contributed by atoms with Crippen LogP contribution < -0.4 is 15.2 Å². The van der Waals surface area contributed by atoms with Crippen molar-refractivity contribution >= 4 is 0 Å². The molecule has 2 rings (SSSR count). The van der Waals surface area contributed by atoms with Crippen LogP contribution in [0.15, 0.2) is 18.2 Å². The fourth-order valence-corrected chi connectivity index (χ4v) is 2.27. The Labute approximate surface area is 113 Å². The number of benzene rings is 1. The molecule has 0 bridgehead atoms. The molecule has 4 heteroatoms. The number of fused-ring (bicyclic) bond motifs is 1. The zero-order valence-electron chi connectivity index (χ0n) is 11.8. The van der Waals surface area contributed by atoms with Crippen LogP contribution in [0.1, 0.15) is 32.8 Å². The average Bonchev–Trinajstić information content (AvgIpc) is 2.60. The summed E-state index contributed by atoms with van der Waals surface area (Å²) in [6.07, 6.45) is 0.834. The van der Waals surface area contributed by atoms with E-state index in [-0.39, 0.29) is 6.54 Å². The van der Waals surface area contributed by atoms with Gasteiger partial charge >= 0.3 is 0 Å². The number of alkyl halides is 1. The highest BCUT2D eigenvalue weighted by Gasteiger charge is 2.43. The van der Waals surface area contributed by atoms with Crippen molar-refractivity contribution in [3.8, 4) is 11.5 Å². The van der Waals surface area contributed by atoms with E-state index in [1.807, 2.05) is 20.8 Å². The van der Waals surface area contributed by atoms with Crippen molar-refractivity contribution in [1.82, 2.24) is 0 Å². The van der Waals surface area contributed by atoms with Gasteiger partial charge in [-0.2, -0.15) is 0 Å². The Morgan fingerprint density at radius 3 is 2.37 bits per heavy atom. The maximum absolute atomic E-state index is 15.2. The van der Waals surface area contributed by atoms with Crippen LogP contribution in [0.4, 0.5) is 4.39 Å². The van der Waals surface area contributed by atoms with Crippen molar-refractivity contribution in [3.05, 3.63) is 23.8 Å². The maximum Gasteiger partial charge on any atom is 0.161 e. The lowest BCUT2D eigenvalue weighted by Crippen LogP contribution is -2.42. The highest BCUT2D eigenvalue weighted by Crippen LogP contribution is 2.44. The summed E-state index contributed by atoms with van der Waals surface area (Å²) in [5.41, 5.74) is 4.07. The van der Waals surface area contributed by atoms with Gasteiger partial charge in [-0.3, -0.25) is 0 Å². The molecule has 1 heterocycles. The van der Waals surface area contributed by atoms with E-state index < -0.39 is 11.1 Å². The minimum atomic E-state index is -1.59. The van der Waals surface area contributed by atoms with Crippen LogP contribution >= 0.6 is 0 Å². The van der Waals surface area contributed by atoms with Gasteiger partial charge < -0.3 is 15.2 Å². The fourth-order valence-electron chi connectivity index (χ4n) is 2.27. The lowest BCUT2D eigenvalue weighted by Gasteiger charge is -2.37. The molecule has 19 heavy (non-hydrogen) atoms. The van der Waals surface area contributed by atoms with Crippen LogP contribution in [0, 0.1) is 5.41 Å². The van der Waals surface area contributed by atoms with Gasteiger partial charge in [0.1, 0.15) is 0 Å². The van der Waals surface area contributed by atoms with Crippen molar-refractivity contribution < 1.29 is 13.9 Å². The highest BCUT2D eigenvalue weighted by atomic mass is 19.1. The van der Waals surface area contributed by atoms with E-state index in [0.29, 0.717) is 30.3 Å². The van der Waals surface area contributed by atoms with Gasteiger partial charge in [0.25, 0.3) is 0 Å². The van der Waals surface area contributed by atoms with Crippen molar-refractivity contribution in [1.29, 1.82) is 0 Å². The van der Waals surface area contributed by atoms with Crippen LogP contribution in [0.3, 0.4) is 0 Å². The van der Waals surface area contributed by atoms with Crippen LogP contribution in [-0.4, -0.2) is 19.8 Å². The number of ether oxygens (including phenoxy) is 2. The minimum absolute atomic E-state index is 0.0594. The Morgan fingerprint density at radius 2 is 1.79 bits per heavy atom. The molecule has 2 N–H and O–H groups in total. The molecule has 0 aromatic heterocycles. The number of rotatable bonds is 2. The van der Waals surface area contributed by atoms with E-state index in [0.717, 1.165) is 6.42 Å². The van der Waals surface area contributed by atoms with E-state index in [2.05, 4.69) is 0 Å². The van der Waals surface area contributed by atoms with E-state index in [9.17, 15) is 0 Å². The summed E-state index contributed by atoms with van der Waals surface area (Å²) in [4.78, 5) is 0. The topological polar surface area (TPSA) is 44.5 Å². The van der Waals surface area contributed by atoms with Crippen LogP contribution in [0.2, 0.25) is 0 Å². The average molecular weight is 267 g/mol. The molecule has 1 unspecified atom stereocenters. The third kappa shape index (κ3) is 2.54. The number of hydrogen-bond donors (Lipinski definition) is 1. The zero-order valence-corrected chi connectivity index (χ0v) is 11.8. The molecule has 0 saturated heterocycles. The summed E-state index contributed by atoms with van der Waals surface area (Å²) in [7, 11) is 0. The smallest absolute Gasteiger partial charge is 0.161 e. The van der Waals surface area contributed by atoms with Gasteiger partial charge in [0, 0.05) is 18.4 Å². The largest absolute Gasteiger partial charge is 0.490 e. The predicted molar refractivity (Wildman–Crippen MR) is 73.3 cm³/mol. The van der Waals surface area contributed by atoms with Gasteiger partial charge in [0.05, 0.1) is 13.2 Å². The Bertz CT molecular complexity index is 456. The second-order valence-corrected chi connectivity index (χ2v) is 5.97. The van der Waals surface area contributed by atoms with Crippen molar-refractivity contribution in [3.63, 3.8) is 0 Å². The zero-order chi connectivity index (χ0) is 14.1. The summed E-state index contributed by atoms with van der Waals surface area (Å²) >= 11 is 0. The molecule has 1 aromatic rings. The summed E-state index contributed by atoms with van der Waals surface area (Å²) in [6.45, 7) is 6.71. The van der Waals surface area contributed by atoms with E-state index in [4.69, 9.17) is 15.2 Å². The van der Waals surface area contributed by atoms with Gasteiger partial charge in [-0.15, -0.1) is 0 Å². The lowest BCUT2D eigenvalue weighted by molar-refractivity contribution is 0.0340. The van der Waals surface area contributed by atoms with Crippen LogP contribution in [0.5, 0.6) is 11.5 Å². The highest BCUT2D eigenvalue weighted by molar-refractivity contribution is 5.45. The van der Waals surface area contributed by atoms with E-state index >= 15 is 4.39 Å². The number of halogens is 1. The molecule has 1 atom stereocenters. The van der Waals surface area contributed by atoms with Gasteiger partial charge in [0.2, 0.25) is 0 Å². The van der Waals surface area contributed by atoms with Crippen LogP contribution in [0.25, 0.3) is 0 Å². The predicted octanol–water partition coefficient (Wildman–Crippen LogP) is 3.02. The third-order valence-electron chi connectivity index (χ3n) is 3.68. The number of hydrogen-bond acceptors (Lipinski definition) is 3. The van der Waals surface area contributed by atoms with E-state index in [1.54, 1.807) is 18.2 Å². The molecule has 0 spiro atoms. The van der Waals surface area contributed by atoms with Gasteiger partial charge in [0.15, 0.2) is 17.2 Å². The standard InChI is InChI=1S/C15H22FNO2/c1-14(2,3)15(16,10-17)11-5-6-12-13(9-11)19-8-4-7-18-12/h5-6,9H,4,7-8,10,17H2,1-3H3. The quantitative estimate of drug-likeness (QED) is 0.895. The molecule has 106 valence electrons.